The lowest BCUT2D eigenvalue weighted by atomic mass is 10.1. The van der Waals surface area contributed by atoms with Gasteiger partial charge in [-0.1, -0.05) is 12.1 Å². The van der Waals surface area contributed by atoms with Crippen LogP contribution >= 0.6 is 11.8 Å². The molecular weight excluding hydrogens is 338 g/mol. The molecule has 1 aliphatic heterocycles. The molecule has 1 atom stereocenters. The highest BCUT2D eigenvalue weighted by Gasteiger charge is 2.31. The number of anilines is 1. The lowest BCUT2D eigenvalue weighted by molar-refractivity contribution is -0.384. The Morgan fingerprint density at radius 1 is 1.24 bits per heavy atom. The van der Waals surface area contributed by atoms with Gasteiger partial charge in [-0.15, -0.1) is 11.8 Å². The number of carbonyl (C=O) groups is 1. The Bertz CT molecular complexity index is 808. The van der Waals surface area contributed by atoms with Gasteiger partial charge in [0.2, 0.25) is 0 Å². The zero-order chi connectivity index (χ0) is 18.0. The van der Waals surface area contributed by atoms with Gasteiger partial charge in [0.05, 0.1) is 4.92 Å². The van der Waals surface area contributed by atoms with Gasteiger partial charge in [-0.05, 0) is 48.7 Å². The molecule has 0 aromatic heterocycles. The van der Waals surface area contributed by atoms with Crippen molar-refractivity contribution in [1.29, 1.82) is 0 Å². The van der Waals surface area contributed by atoms with Crippen molar-refractivity contribution in [3.63, 3.8) is 0 Å². The number of benzene rings is 2. The standard InChI is InChI=1S/C18H19N3O3S/c1-12-4-3-5-16(13(12)2)19-18(22)20-10-11-25-17(20)14-6-8-15(9-7-14)21(23)24/h3-9,17H,10-11H2,1-2H3,(H,19,22). The quantitative estimate of drug-likeness (QED) is 0.648. The molecule has 0 spiro atoms. The number of carbonyl (C=O) groups excluding carboxylic acids is 1. The molecule has 1 fully saturated rings. The average molecular weight is 357 g/mol. The fourth-order valence-electron chi connectivity index (χ4n) is 2.79. The van der Waals surface area contributed by atoms with Crippen LogP contribution in [0.15, 0.2) is 42.5 Å². The van der Waals surface area contributed by atoms with Crippen LogP contribution in [0, 0.1) is 24.0 Å². The minimum atomic E-state index is -0.420. The van der Waals surface area contributed by atoms with E-state index in [2.05, 4.69) is 5.32 Å². The Balaban J connectivity index is 1.77. The van der Waals surface area contributed by atoms with Gasteiger partial charge in [0.1, 0.15) is 5.37 Å². The van der Waals surface area contributed by atoms with Gasteiger partial charge in [0.15, 0.2) is 0 Å². The van der Waals surface area contributed by atoms with Gasteiger partial charge >= 0.3 is 6.03 Å². The molecule has 6 nitrogen and oxygen atoms in total. The summed E-state index contributed by atoms with van der Waals surface area (Å²) in [6.45, 7) is 4.64. The van der Waals surface area contributed by atoms with E-state index in [0.717, 1.165) is 28.1 Å². The van der Waals surface area contributed by atoms with Crippen LogP contribution in [0.2, 0.25) is 0 Å². The summed E-state index contributed by atoms with van der Waals surface area (Å²) < 4.78 is 0. The van der Waals surface area contributed by atoms with E-state index in [-0.39, 0.29) is 17.1 Å². The highest BCUT2D eigenvalue weighted by molar-refractivity contribution is 7.99. The summed E-state index contributed by atoms with van der Waals surface area (Å²) in [6.07, 6.45) is 0. The predicted molar refractivity (Wildman–Crippen MR) is 99.9 cm³/mol. The minimum Gasteiger partial charge on any atom is -0.308 e. The van der Waals surface area contributed by atoms with Crippen molar-refractivity contribution in [2.24, 2.45) is 0 Å². The van der Waals surface area contributed by atoms with Crippen LogP contribution in [0.5, 0.6) is 0 Å². The highest BCUT2D eigenvalue weighted by Crippen LogP contribution is 2.38. The molecule has 2 amide bonds. The number of nitrogens with zero attached hydrogens (tertiary/aromatic N) is 2. The molecule has 25 heavy (non-hydrogen) atoms. The van der Waals surface area contributed by atoms with Gasteiger partial charge in [0.25, 0.3) is 5.69 Å². The zero-order valence-corrected chi connectivity index (χ0v) is 14.9. The van der Waals surface area contributed by atoms with Crippen molar-refractivity contribution in [2.45, 2.75) is 19.2 Å². The summed E-state index contributed by atoms with van der Waals surface area (Å²) in [5.74, 6) is 0.835. The number of urea groups is 1. The molecule has 2 aromatic carbocycles. The van der Waals surface area contributed by atoms with E-state index < -0.39 is 4.92 Å². The second kappa shape index (κ2) is 7.14. The Kier molecular flexibility index (Phi) is 4.94. The largest absolute Gasteiger partial charge is 0.323 e. The van der Waals surface area contributed by atoms with Crippen LogP contribution < -0.4 is 5.32 Å². The molecule has 0 aliphatic carbocycles. The van der Waals surface area contributed by atoms with Crippen molar-refractivity contribution in [3.8, 4) is 0 Å². The average Bonchev–Trinajstić information content (AvgIpc) is 3.09. The SMILES string of the molecule is Cc1cccc(NC(=O)N2CCSC2c2ccc([N+](=O)[O-])cc2)c1C. The maximum absolute atomic E-state index is 12.7. The number of non-ortho nitro benzene ring substituents is 1. The number of thioether (sulfide) groups is 1. The lowest BCUT2D eigenvalue weighted by Crippen LogP contribution is -2.34. The third-order valence-corrected chi connectivity index (χ3v) is 5.65. The van der Waals surface area contributed by atoms with Crippen LogP contribution in [0.4, 0.5) is 16.2 Å². The number of nitro groups is 1. The van der Waals surface area contributed by atoms with Gasteiger partial charge in [-0.2, -0.15) is 0 Å². The predicted octanol–water partition coefficient (Wildman–Crippen LogP) is 4.49. The number of nitro benzene ring substituents is 1. The summed E-state index contributed by atoms with van der Waals surface area (Å²) in [6, 6.07) is 12.1. The smallest absolute Gasteiger partial charge is 0.308 e. The number of amides is 2. The molecule has 1 saturated heterocycles. The van der Waals surface area contributed by atoms with E-state index in [4.69, 9.17) is 0 Å². The van der Waals surface area contributed by atoms with Crippen molar-refractivity contribution < 1.29 is 9.72 Å². The molecule has 1 heterocycles. The minimum absolute atomic E-state index is 0.0538. The van der Waals surface area contributed by atoms with Crippen molar-refractivity contribution in [1.82, 2.24) is 4.90 Å². The normalized spacial score (nSPS) is 16.7. The van der Waals surface area contributed by atoms with E-state index in [1.165, 1.54) is 12.1 Å². The number of hydrogen-bond acceptors (Lipinski definition) is 4. The maximum Gasteiger partial charge on any atom is 0.323 e. The molecule has 1 N–H and O–H groups in total. The van der Waals surface area contributed by atoms with E-state index in [9.17, 15) is 14.9 Å². The summed E-state index contributed by atoms with van der Waals surface area (Å²) >= 11 is 1.66. The molecule has 0 bridgehead atoms. The summed E-state index contributed by atoms with van der Waals surface area (Å²) in [5.41, 5.74) is 3.93. The van der Waals surface area contributed by atoms with Crippen LogP contribution in [0.1, 0.15) is 22.1 Å². The summed E-state index contributed by atoms with van der Waals surface area (Å²) in [4.78, 5) is 24.9. The van der Waals surface area contributed by atoms with Crippen molar-refractivity contribution >= 4 is 29.2 Å². The van der Waals surface area contributed by atoms with E-state index in [0.29, 0.717) is 6.54 Å². The van der Waals surface area contributed by atoms with Gasteiger partial charge in [-0.25, -0.2) is 4.79 Å². The molecule has 2 aromatic rings. The Morgan fingerprint density at radius 3 is 2.64 bits per heavy atom. The summed E-state index contributed by atoms with van der Waals surface area (Å²) in [5, 5.41) is 13.6. The van der Waals surface area contributed by atoms with Crippen LogP contribution in [0.3, 0.4) is 0 Å². The number of aryl methyl sites for hydroxylation is 1. The van der Waals surface area contributed by atoms with E-state index in [1.807, 2.05) is 32.0 Å². The monoisotopic (exact) mass is 357 g/mol. The topological polar surface area (TPSA) is 75.5 Å². The molecule has 3 rings (SSSR count). The Morgan fingerprint density at radius 2 is 1.96 bits per heavy atom. The fraction of sp³-hybridized carbons (Fsp3) is 0.278. The Labute approximate surface area is 150 Å². The van der Waals surface area contributed by atoms with E-state index >= 15 is 0 Å². The Hall–Kier alpha value is -2.54. The number of hydrogen-bond donors (Lipinski definition) is 1. The van der Waals surface area contributed by atoms with Crippen molar-refractivity contribution in [2.75, 3.05) is 17.6 Å². The first-order valence-electron chi connectivity index (χ1n) is 7.97. The van der Waals surface area contributed by atoms with Gasteiger partial charge < -0.3 is 10.2 Å². The van der Waals surface area contributed by atoms with Gasteiger partial charge in [0, 0.05) is 30.1 Å². The van der Waals surface area contributed by atoms with Crippen LogP contribution in [-0.4, -0.2) is 28.2 Å². The first kappa shape index (κ1) is 17.3. The molecule has 7 heteroatoms. The van der Waals surface area contributed by atoms with E-state index in [1.54, 1.807) is 28.8 Å². The number of rotatable bonds is 3. The molecule has 0 saturated carbocycles. The molecule has 130 valence electrons. The first-order chi connectivity index (χ1) is 12.0. The molecule has 1 aliphatic rings. The third-order valence-electron chi connectivity index (χ3n) is 4.39. The number of nitrogens with one attached hydrogen (secondary N) is 1. The fourth-order valence-corrected chi connectivity index (χ4v) is 4.04. The third kappa shape index (κ3) is 3.61. The molecular formula is C18H19N3O3S. The second-order valence-corrected chi connectivity index (χ2v) is 7.13. The summed E-state index contributed by atoms with van der Waals surface area (Å²) in [7, 11) is 0. The first-order valence-corrected chi connectivity index (χ1v) is 9.02. The maximum atomic E-state index is 12.7. The lowest BCUT2D eigenvalue weighted by Gasteiger charge is -2.25. The molecule has 0 radical (unpaired) electrons. The van der Waals surface area contributed by atoms with Gasteiger partial charge in [-0.3, -0.25) is 10.1 Å². The van der Waals surface area contributed by atoms with Crippen molar-refractivity contribution in [3.05, 3.63) is 69.3 Å². The highest BCUT2D eigenvalue weighted by atomic mass is 32.2. The zero-order valence-electron chi connectivity index (χ0n) is 14.1. The molecule has 1 unspecified atom stereocenters. The second-order valence-electron chi connectivity index (χ2n) is 5.94. The van der Waals surface area contributed by atoms with Crippen LogP contribution in [0.25, 0.3) is 0 Å². The van der Waals surface area contributed by atoms with Crippen LogP contribution in [-0.2, 0) is 0 Å².